The van der Waals surface area contributed by atoms with Gasteiger partial charge in [-0.1, -0.05) is 19.3 Å². The van der Waals surface area contributed by atoms with Crippen LogP contribution < -0.4 is 0 Å². The minimum absolute atomic E-state index is 0.875. The quantitative estimate of drug-likeness (QED) is 0.596. The SMILES string of the molecule is [c]1csc(C2CCCCC2)c1. The van der Waals surface area contributed by atoms with E-state index in [0.29, 0.717) is 0 Å². The van der Waals surface area contributed by atoms with Gasteiger partial charge in [0.25, 0.3) is 0 Å². The molecule has 1 saturated carbocycles. The summed E-state index contributed by atoms with van der Waals surface area (Å²) in [4.78, 5) is 1.56. The fraction of sp³-hybridized carbons (Fsp3) is 0.600. The van der Waals surface area contributed by atoms with Gasteiger partial charge in [-0.2, -0.15) is 0 Å². The Morgan fingerprint density at radius 3 is 2.73 bits per heavy atom. The van der Waals surface area contributed by atoms with Crippen LogP contribution in [0.1, 0.15) is 42.9 Å². The number of hydrogen-bond donors (Lipinski definition) is 0. The molecule has 0 saturated heterocycles. The molecule has 1 heteroatoms. The fourth-order valence-electron chi connectivity index (χ4n) is 1.85. The molecule has 1 aliphatic rings. The topological polar surface area (TPSA) is 0 Å². The first-order chi connectivity index (χ1) is 5.47. The second kappa shape index (κ2) is 3.40. The van der Waals surface area contributed by atoms with Crippen molar-refractivity contribution in [2.45, 2.75) is 38.0 Å². The van der Waals surface area contributed by atoms with Crippen molar-refractivity contribution < 1.29 is 0 Å². The fourth-order valence-corrected chi connectivity index (χ4v) is 2.69. The van der Waals surface area contributed by atoms with E-state index in [0.717, 1.165) is 5.92 Å². The lowest BCUT2D eigenvalue weighted by Gasteiger charge is -2.19. The summed E-state index contributed by atoms with van der Waals surface area (Å²) in [6, 6.07) is 5.31. The molecule has 1 aliphatic carbocycles. The van der Waals surface area contributed by atoms with Crippen molar-refractivity contribution in [1.29, 1.82) is 0 Å². The Kier molecular flexibility index (Phi) is 2.27. The molecule has 0 atom stereocenters. The minimum atomic E-state index is 0.875. The monoisotopic (exact) mass is 165 g/mol. The van der Waals surface area contributed by atoms with Crippen LogP contribution in [0.2, 0.25) is 0 Å². The molecule has 0 spiro atoms. The number of hydrogen-bond acceptors (Lipinski definition) is 1. The van der Waals surface area contributed by atoms with E-state index < -0.39 is 0 Å². The first-order valence-electron chi connectivity index (χ1n) is 4.41. The maximum Gasteiger partial charge on any atom is 0.00825 e. The second-order valence-electron chi connectivity index (χ2n) is 3.28. The zero-order chi connectivity index (χ0) is 7.52. The Balaban J connectivity index is 2.04. The first-order valence-corrected chi connectivity index (χ1v) is 5.29. The summed E-state index contributed by atoms with van der Waals surface area (Å²) in [7, 11) is 0. The minimum Gasteiger partial charge on any atom is -0.148 e. The van der Waals surface area contributed by atoms with Crippen molar-refractivity contribution in [3.63, 3.8) is 0 Å². The molecule has 1 aromatic heterocycles. The van der Waals surface area contributed by atoms with Gasteiger partial charge >= 0.3 is 0 Å². The highest BCUT2D eigenvalue weighted by atomic mass is 32.1. The van der Waals surface area contributed by atoms with E-state index in [-0.39, 0.29) is 0 Å². The molecule has 1 radical (unpaired) electrons. The molecule has 0 aliphatic heterocycles. The van der Waals surface area contributed by atoms with Crippen LogP contribution in [-0.2, 0) is 0 Å². The van der Waals surface area contributed by atoms with Gasteiger partial charge in [0.1, 0.15) is 0 Å². The van der Waals surface area contributed by atoms with E-state index in [1.807, 2.05) is 11.3 Å². The smallest absolute Gasteiger partial charge is 0.00825 e. The third-order valence-corrected chi connectivity index (χ3v) is 3.47. The highest BCUT2D eigenvalue weighted by Crippen LogP contribution is 2.34. The predicted molar refractivity (Wildman–Crippen MR) is 49.0 cm³/mol. The van der Waals surface area contributed by atoms with Crippen LogP contribution in [0, 0.1) is 6.07 Å². The lowest BCUT2D eigenvalue weighted by atomic mass is 9.88. The summed E-state index contributed by atoms with van der Waals surface area (Å²) in [6.45, 7) is 0. The van der Waals surface area contributed by atoms with Crippen LogP contribution in [0.5, 0.6) is 0 Å². The molecule has 2 rings (SSSR count). The molecule has 1 heterocycles. The summed E-state index contributed by atoms with van der Waals surface area (Å²) in [5.41, 5.74) is 0. The van der Waals surface area contributed by atoms with E-state index >= 15 is 0 Å². The highest BCUT2D eigenvalue weighted by Gasteiger charge is 2.15. The third kappa shape index (κ3) is 1.64. The van der Waals surface area contributed by atoms with Gasteiger partial charge in [-0.25, -0.2) is 0 Å². The van der Waals surface area contributed by atoms with Gasteiger partial charge in [0.15, 0.2) is 0 Å². The lowest BCUT2D eigenvalue weighted by Crippen LogP contribution is -2.01. The van der Waals surface area contributed by atoms with Crippen molar-refractivity contribution in [2.75, 3.05) is 0 Å². The third-order valence-electron chi connectivity index (χ3n) is 2.50. The maximum atomic E-state index is 3.15. The van der Waals surface area contributed by atoms with Crippen molar-refractivity contribution in [3.8, 4) is 0 Å². The predicted octanol–water partition coefficient (Wildman–Crippen LogP) is 3.60. The van der Waals surface area contributed by atoms with Gasteiger partial charge in [0.05, 0.1) is 0 Å². The Morgan fingerprint density at radius 1 is 1.27 bits per heavy atom. The molecule has 59 valence electrons. The van der Waals surface area contributed by atoms with Crippen LogP contribution in [-0.4, -0.2) is 0 Å². The number of thiophene rings is 1. The van der Waals surface area contributed by atoms with Crippen LogP contribution in [0.4, 0.5) is 0 Å². The molecule has 0 nitrogen and oxygen atoms in total. The molecular formula is C10H13S. The average Bonchev–Trinajstić information content (AvgIpc) is 2.58. The van der Waals surface area contributed by atoms with Gasteiger partial charge in [0, 0.05) is 4.88 Å². The van der Waals surface area contributed by atoms with E-state index in [2.05, 4.69) is 17.5 Å². The Hall–Kier alpha value is -0.300. The van der Waals surface area contributed by atoms with Crippen LogP contribution in [0.15, 0.2) is 11.4 Å². The normalized spacial score (nSPS) is 20.4. The van der Waals surface area contributed by atoms with Crippen molar-refractivity contribution >= 4 is 11.3 Å². The van der Waals surface area contributed by atoms with E-state index in [1.165, 1.54) is 32.1 Å². The van der Waals surface area contributed by atoms with Crippen LogP contribution >= 0.6 is 11.3 Å². The van der Waals surface area contributed by atoms with E-state index in [4.69, 9.17) is 0 Å². The largest absolute Gasteiger partial charge is 0.148 e. The molecule has 0 aromatic carbocycles. The Morgan fingerprint density at radius 2 is 2.09 bits per heavy atom. The lowest BCUT2D eigenvalue weighted by molar-refractivity contribution is 0.448. The van der Waals surface area contributed by atoms with Crippen LogP contribution in [0.25, 0.3) is 0 Å². The summed E-state index contributed by atoms with van der Waals surface area (Å²) >= 11 is 1.87. The first kappa shape index (κ1) is 7.35. The molecule has 1 aromatic rings. The van der Waals surface area contributed by atoms with Crippen LogP contribution in [0.3, 0.4) is 0 Å². The van der Waals surface area contributed by atoms with Crippen molar-refractivity contribution in [2.24, 2.45) is 0 Å². The van der Waals surface area contributed by atoms with Gasteiger partial charge in [0.2, 0.25) is 0 Å². The van der Waals surface area contributed by atoms with Gasteiger partial charge in [-0.15, -0.1) is 11.3 Å². The Bertz CT molecular complexity index is 195. The molecule has 0 unspecified atom stereocenters. The number of rotatable bonds is 1. The molecular weight excluding hydrogens is 152 g/mol. The van der Waals surface area contributed by atoms with E-state index in [9.17, 15) is 0 Å². The standard InChI is InChI=1S/C10H13S/c1-2-5-9(6-3-1)10-7-4-8-11-10/h7-9H,1-3,5-6H2. The zero-order valence-electron chi connectivity index (χ0n) is 6.68. The Labute approximate surface area is 72.3 Å². The second-order valence-corrected chi connectivity index (χ2v) is 4.23. The molecule has 0 bridgehead atoms. The average molecular weight is 165 g/mol. The summed E-state index contributed by atoms with van der Waals surface area (Å²) in [5.74, 6) is 0.875. The summed E-state index contributed by atoms with van der Waals surface area (Å²) in [5, 5.41) is 2.07. The van der Waals surface area contributed by atoms with E-state index in [1.54, 1.807) is 4.88 Å². The summed E-state index contributed by atoms with van der Waals surface area (Å²) < 4.78 is 0. The van der Waals surface area contributed by atoms with Crippen molar-refractivity contribution in [3.05, 3.63) is 22.4 Å². The zero-order valence-corrected chi connectivity index (χ0v) is 7.49. The van der Waals surface area contributed by atoms with Gasteiger partial charge in [-0.05, 0) is 36.3 Å². The van der Waals surface area contributed by atoms with Crippen molar-refractivity contribution in [1.82, 2.24) is 0 Å². The maximum absolute atomic E-state index is 3.15. The molecule has 0 amide bonds. The molecule has 11 heavy (non-hydrogen) atoms. The van der Waals surface area contributed by atoms with Gasteiger partial charge < -0.3 is 0 Å². The highest BCUT2D eigenvalue weighted by molar-refractivity contribution is 7.10. The van der Waals surface area contributed by atoms with Gasteiger partial charge in [-0.3, -0.25) is 0 Å². The molecule has 0 N–H and O–H groups in total. The molecule has 1 fully saturated rings. The summed E-state index contributed by atoms with van der Waals surface area (Å²) in [6.07, 6.45) is 7.14.